The molecule has 1 aliphatic heterocycles. The zero-order chi connectivity index (χ0) is 26.9. The summed E-state index contributed by atoms with van der Waals surface area (Å²) in [4.78, 5) is 4.98. The number of aryl methyl sites for hydroxylation is 2. The van der Waals surface area contributed by atoms with Gasteiger partial charge in [0.1, 0.15) is 0 Å². The van der Waals surface area contributed by atoms with Gasteiger partial charge in [-0.25, -0.2) is 0 Å². The van der Waals surface area contributed by atoms with Crippen molar-refractivity contribution in [3.63, 3.8) is 0 Å². The Kier molecular flexibility index (Phi) is 9.27. The molecule has 3 aromatic carbocycles. The van der Waals surface area contributed by atoms with Gasteiger partial charge in [0.25, 0.3) is 0 Å². The van der Waals surface area contributed by atoms with Crippen molar-refractivity contribution in [2.75, 3.05) is 45.9 Å². The van der Waals surface area contributed by atoms with Crippen LogP contribution in [0.4, 0.5) is 0 Å². The summed E-state index contributed by atoms with van der Waals surface area (Å²) in [6.07, 6.45) is 5.35. The number of tetrazole rings is 1. The lowest BCUT2D eigenvalue weighted by atomic mass is 10.1. The summed E-state index contributed by atoms with van der Waals surface area (Å²) in [5, 5.41) is 13.1. The van der Waals surface area contributed by atoms with Gasteiger partial charge in [-0.2, -0.15) is 4.68 Å². The molecule has 0 aliphatic carbocycles. The molecule has 5 rings (SSSR count). The van der Waals surface area contributed by atoms with Crippen LogP contribution in [-0.4, -0.2) is 75.9 Å². The van der Waals surface area contributed by atoms with Gasteiger partial charge in [0, 0.05) is 32.7 Å². The summed E-state index contributed by atoms with van der Waals surface area (Å²) in [5.41, 5.74) is 5.88. The molecule has 1 aromatic heterocycles. The zero-order valence-electron chi connectivity index (χ0n) is 23.0. The maximum atomic E-state index is 6.29. The second kappa shape index (κ2) is 13.4. The van der Waals surface area contributed by atoms with Gasteiger partial charge in [0.2, 0.25) is 0 Å². The van der Waals surface area contributed by atoms with Crippen LogP contribution in [0, 0.1) is 13.8 Å². The van der Waals surface area contributed by atoms with Crippen LogP contribution in [0.2, 0.25) is 0 Å². The summed E-state index contributed by atoms with van der Waals surface area (Å²) in [6, 6.07) is 27.2. The summed E-state index contributed by atoms with van der Waals surface area (Å²) in [5.74, 6) is 0.838. The molecule has 39 heavy (non-hydrogen) atoms. The molecule has 0 radical (unpaired) electrons. The van der Waals surface area contributed by atoms with Crippen LogP contribution in [0.25, 0.3) is 11.8 Å². The van der Waals surface area contributed by atoms with E-state index in [1.54, 1.807) is 0 Å². The summed E-state index contributed by atoms with van der Waals surface area (Å²) in [6.45, 7) is 10.2. The third-order valence-corrected chi connectivity index (χ3v) is 7.42. The number of para-hydroxylation sites is 1. The highest BCUT2D eigenvalue weighted by Gasteiger charge is 2.30. The van der Waals surface area contributed by atoms with Crippen LogP contribution < -0.4 is 0 Å². The zero-order valence-corrected chi connectivity index (χ0v) is 23.0. The van der Waals surface area contributed by atoms with Gasteiger partial charge in [-0.1, -0.05) is 91.0 Å². The van der Waals surface area contributed by atoms with Crippen molar-refractivity contribution < 1.29 is 4.74 Å². The van der Waals surface area contributed by atoms with Crippen LogP contribution in [0.5, 0.6) is 0 Å². The normalized spacial score (nSPS) is 15.6. The van der Waals surface area contributed by atoms with E-state index in [0.717, 1.165) is 61.8 Å². The maximum Gasteiger partial charge on any atom is 0.176 e. The van der Waals surface area contributed by atoms with Gasteiger partial charge in [-0.15, -0.1) is 5.10 Å². The Balaban J connectivity index is 1.28. The fraction of sp³-hybridized carbons (Fsp3) is 0.344. The Morgan fingerprint density at radius 1 is 0.846 bits per heavy atom. The average Bonchev–Trinajstić information content (AvgIpc) is 3.44. The largest absolute Gasteiger partial charge is 0.379 e. The summed E-state index contributed by atoms with van der Waals surface area (Å²) < 4.78 is 8.21. The van der Waals surface area contributed by atoms with Crippen molar-refractivity contribution in [1.82, 2.24) is 30.0 Å². The molecule has 1 fully saturated rings. The Morgan fingerprint density at radius 3 is 2.26 bits per heavy atom. The topological polar surface area (TPSA) is 59.3 Å². The second-order valence-electron chi connectivity index (χ2n) is 10.2. The Morgan fingerprint density at radius 2 is 1.54 bits per heavy atom. The standard InChI is InChI=1S/C32H38N6O/c1-26-11-9-12-27(2)31(26)38-32(33-34-35-38)30(25-39-24-18-29-15-7-4-8-16-29)37-22-20-36(21-23-37)19-10-17-28-13-5-3-6-14-28/h3-17,30H,18-25H2,1-2H3/t30-/m0/s1. The molecular weight excluding hydrogens is 484 g/mol. The van der Waals surface area contributed by atoms with E-state index in [0.29, 0.717) is 13.2 Å². The lowest BCUT2D eigenvalue weighted by Crippen LogP contribution is -2.49. The first kappa shape index (κ1) is 26.9. The molecule has 7 heteroatoms. The van der Waals surface area contributed by atoms with Crippen molar-refractivity contribution in [1.29, 1.82) is 0 Å². The molecule has 0 amide bonds. The van der Waals surface area contributed by atoms with Gasteiger partial charge in [-0.05, 0) is 52.9 Å². The molecule has 4 aromatic rings. The average molecular weight is 523 g/mol. The van der Waals surface area contributed by atoms with Crippen molar-refractivity contribution in [3.05, 3.63) is 113 Å². The molecule has 2 heterocycles. The van der Waals surface area contributed by atoms with Gasteiger partial charge in [0.15, 0.2) is 5.82 Å². The Labute approximate surface area is 231 Å². The number of benzene rings is 3. The van der Waals surface area contributed by atoms with Gasteiger partial charge in [-0.3, -0.25) is 9.80 Å². The highest BCUT2D eigenvalue weighted by Crippen LogP contribution is 2.26. The number of nitrogens with zero attached hydrogens (tertiary/aromatic N) is 6. The predicted octanol–water partition coefficient (Wildman–Crippen LogP) is 4.91. The summed E-state index contributed by atoms with van der Waals surface area (Å²) in [7, 11) is 0. The van der Waals surface area contributed by atoms with Crippen LogP contribution in [0.3, 0.4) is 0 Å². The monoisotopic (exact) mass is 522 g/mol. The highest BCUT2D eigenvalue weighted by molar-refractivity contribution is 5.49. The van der Waals surface area contributed by atoms with E-state index in [1.165, 1.54) is 11.1 Å². The van der Waals surface area contributed by atoms with Gasteiger partial charge < -0.3 is 4.74 Å². The van der Waals surface area contributed by atoms with Crippen molar-refractivity contribution in [2.24, 2.45) is 0 Å². The van der Waals surface area contributed by atoms with Gasteiger partial charge >= 0.3 is 0 Å². The molecule has 0 unspecified atom stereocenters. The number of aromatic nitrogens is 4. The van der Waals surface area contributed by atoms with E-state index in [9.17, 15) is 0 Å². The number of ether oxygens (including phenoxy) is 1. The fourth-order valence-corrected chi connectivity index (χ4v) is 5.23. The lowest BCUT2D eigenvalue weighted by Gasteiger charge is -2.38. The number of hydrogen-bond acceptors (Lipinski definition) is 6. The molecular formula is C32H38N6O. The Bertz CT molecular complexity index is 1310. The summed E-state index contributed by atoms with van der Waals surface area (Å²) >= 11 is 0. The minimum Gasteiger partial charge on any atom is -0.379 e. The van der Waals surface area contributed by atoms with Crippen LogP contribution in [0.15, 0.2) is 84.9 Å². The minimum atomic E-state index is -0.0307. The van der Waals surface area contributed by atoms with E-state index in [4.69, 9.17) is 4.74 Å². The first-order chi connectivity index (χ1) is 19.2. The number of rotatable bonds is 11. The molecule has 0 bridgehead atoms. The third-order valence-electron chi connectivity index (χ3n) is 7.42. The first-order valence-electron chi connectivity index (χ1n) is 13.8. The lowest BCUT2D eigenvalue weighted by molar-refractivity contribution is 0.0297. The van der Waals surface area contributed by atoms with Crippen LogP contribution in [-0.2, 0) is 11.2 Å². The van der Waals surface area contributed by atoms with E-state index in [1.807, 2.05) is 10.7 Å². The molecule has 202 valence electrons. The number of hydrogen-bond donors (Lipinski definition) is 0. The Hall–Kier alpha value is -3.65. The molecule has 0 N–H and O–H groups in total. The molecule has 1 saturated heterocycles. The molecule has 0 spiro atoms. The number of piperazine rings is 1. The van der Waals surface area contributed by atoms with Crippen molar-refractivity contribution in [2.45, 2.75) is 26.3 Å². The second-order valence-corrected chi connectivity index (χ2v) is 10.2. The van der Waals surface area contributed by atoms with Crippen molar-refractivity contribution in [3.8, 4) is 5.69 Å². The van der Waals surface area contributed by atoms with Crippen molar-refractivity contribution >= 4 is 6.08 Å². The minimum absolute atomic E-state index is 0.0307. The van der Waals surface area contributed by atoms with E-state index in [-0.39, 0.29) is 6.04 Å². The molecule has 1 aliphatic rings. The highest BCUT2D eigenvalue weighted by atomic mass is 16.5. The van der Waals surface area contributed by atoms with E-state index >= 15 is 0 Å². The molecule has 7 nitrogen and oxygen atoms in total. The first-order valence-corrected chi connectivity index (χ1v) is 13.8. The third kappa shape index (κ3) is 7.06. The van der Waals surface area contributed by atoms with Crippen LogP contribution >= 0.6 is 0 Å². The molecule has 0 saturated carbocycles. The van der Waals surface area contributed by atoms with Crippen LogP contribution in [0.1, 0.15) is 34.1 Å². The van der Waals surface area contributed by atoms with Gasteiger partial charge in [0.05, 0.1) is 24.9 Å². The SMILES string of the molecule is Cc1cccc(C)c1-n1nnnc1[C@H](COCCc1ccccc1)N1CCN(CC=Cc2ccccc2)CC1. The fourth-order valence-electron chi connectivity index (χ4n) is 5.23. The smallest absolute Gasteiger partial charge is 0.176 e. The quantitative estimate of drug-likeness (QED) is 0.261. The molecule has 1 atom stereocenters. The maximum absolute atomic E-state index is 6.29. The predicted molar refractivity (Wildman–Crippen MR) is 156 cm³/mol. The van der Waals surface area contributed by atoms with E-state index in [2.05, 4.69) is 124 Å². The van der Waals surface area contributed by atoms with E-state index < -0.39 is 0 Å².